The lowest BCUT2D eigenvalue weighted by molar-refractivity contribution is -0.137. The summed E-state index contributed by atoms with van der Waals surface area (Å²) < 4.78 is 52.3. The molecule has 0 aromatic heterocycles. The standard InChI is InChI=1S/C19H18F4N2O2/c20-14-9-12(8-13(10-14)19(21,22)23)11-25-6-4-15-16(2-1-3-17(15)25)18(27)24-5-7-26/h1-3,8-10,26H,4-7,11H2,(H,24,27). The predicted molar refractivity (Wildman–Crippen MR) is 92.0 cm³/mol. The molecule has 4 nitrogen and oxygen atoms in total. The maximum absolute atomic E-state index is 13.6. The number of anilines is 1. The maximum atomic E-state index is 13.6. The summed E-state index contributed by atoms with van der Waals surface area (Å²) in [6.07, 6.45) is -4.06. The van der Waals surface area contributed by atoms with E-state index >= 15 is 0 Å². The lowest BCUT2D eigenvalue weighted by atomic mass is 10.0. The highest BCUT2D eigenvalue weighted by molar-refractivity contribution is 5.97. The fourth-order valence-corrected chi connectivity index (χ4v) is 3.27. The molecular weight excluding hydrogens is 364 g/mol. The van der Waals surface area contributed by atoms with E-state index in [0.29, 0.717) is 24.6 Å². The van der Waals surface area contributed by atoms with Crippen LogP contribution in [0.2, 0.25) is 0 Å². The SMILES string of the molecule is O=C(NCCO)c1cccc2c1CCN2Cc1cc(F)cc(C(F)(F)F)c1. The first kappa shape index (κ1) is 19.2. The molecule has 0 spiro atoms. The molecule has 0 aliphatic carbocycles. The number of hydrogen-bond donors (Lipinski definition) is 2. The molecule has 2 aromatic rings. The molecule has 0 bridgehead atoms. The third kappa shape index (κ3) is 4.21. The van der Waals surface area contributed by atoms with E-state index in [0.717, 1.165) is 23.4 Å². The Kier molecular flexibility index (Phi) is 5.36. The van der Waals surface area contributed by atoms with Crippen molar-refractivity contribution >= 4 is 11.6 Å². The summed E-state index contributed by atoms with van der Waals surface area (Å²) in [5, 5.41) is 11.4. The summed E-state index contributed by atoms with van der Waals surface area (Å²) in [5.74, 6) is -1.25. The molecule has 3 rings (SSSR count). The zero-order valence-corrected chi connectivity index (χ0v) is 14.3. The second-order valence-electron chi connectivity index (χ2n) is 6.30. The van der Waals surface area contributed by atoms with E-state index in [1.165, 1.54) is 0 Å². The number of rotatable bonds is 5. The van der Waals surface area contributed by atoms with Crippen LogP contribution in [0.4, 0.5) is 23.2 Å². The van der Waals surface area contributed by atoms with Crippen molar-refractivity contribution in [2.24, 2.45) is 0 Å². The molecule has 1 amide bonds. The number of hydrogen-bond acceptors (Lipinski definition) is 3. The van der Waals surface area contributed by atoms with E-state index in [4.69, 9.17) is 5.11 Å². The quantitative estimate of drug-likeness (QED) is 0.782. The highest BCUT2D eigenvalue weighted by atomic mass is 19.4. The molecule has 1 aliphatic heterocycles. The van der Waals surface area contributed by atoms with Gasteiger partial charge in [0, 0.05) is 30.9 Å². The van der Waals surface area contributed by atoms with Crippen LogP contribution in [0.5, 0.6) is 0 Å². The number of amides is 1. The van der Waals surface area contributed by atoms with Crippen LogP contribution in [0.3, 0.4) is 0 Å². The number of carbonyl (C=O) groups is 1. The van der Waals surface area contributed by atoms with Crippen LogP contribution in [0.1, 0.15) is 27.0 Å². The highest BCUT2D eigenvalue weighted by Crippen LogP contribution is 2.34. The summed E-state index contributed by atoms with van der Waals surface area (Å²) in [6.45, 7) is 0.580. The molecular formula is C19H18F4N2O2. The van der Waals surface area contributed by atoms with Gasteiger partial charge in [-0.25, -0.2) is 4.39 Å². The average molecular weight is 382 g/mol. The van der Waals surface area contributed by atoms with Crippen molar-refractivity contribution < 1.29 is 27.5 Å². The van der Waals surface area contributed by atoms with Crippen LogP contribution >= 0.6 is 0 Å². The minimum atomic E-state index is -4.61. The van der Waals surface area contributed by atoms with Crippen molar-refractivity contribution in [3.8, 4) is 0 Å². The first-order valence-corrected chi connectivity index (χ1v) is 8.42. The molecule has 1 aliphatic rings. The fraction of sp³-hybridized carbons (Fsp3) is 0.316. The first-order valence-electron chi connectivity index (χ1n) is 8.42. The smallest absolute Gasteiger partial charge is 0.395 e. The molecule has 2 aromatic carbocycles. The lowest BCUT2D eigenvalue weighted by Crippen LogP contribution is -2.27. The molecule has 144 valence electrons. The molecule has 0 radical (unpaired) electrons. The van der Waals surface area contributed by atoms with Gasteiger partial charge in [0.25, 0.3) is 5.91 Å². The summed E-state index contributed by atoms with van der Waals surface area (Å²) in [5.41, 5.74) is 1.20. The Morgan fingerprint density at radius 3 is 2.70 bits per heavy atom. The zero-order chi connectivity index (χ0) is 19.6. The summed E-state index contributed by atoms with van der Waals surface area (Å²) >= 11 is 0. The van der Waals surface area contributed by atoms with E-state index < -0.39 is 17.6 Å². The normalized spacial score (nSPS) is 13.6. The third-order valence-corrected chi connectivity index (χ3v) is 4.42. The van der Waals surface area contributed by atoms with E-state index in [1.54, 1.807) is 18.2 Å². The van der Waals surface area contributed by atoms with Gasteiger partial charge in [0.2, 0.25) is 0 Å². The maximum Gasteiger partial charge on any atom is 0.416 e. The van der Waals surface area contributed by atoms with Crippen molar-refractivity contribution in [2.75, 3.05) is 24.6 Å². The van der Waals surface area contributed by atoms with Crippen LogP contribution in [0.15, 0.2) is 36.4 Å². The van der Waals surface area contributed by atoms with Crippen LogP contribution < -0.4 is 10.2 Å². The molecule has 1 heterocycles. The van der Waals surface area contributed by atoms with Crippen LogP contribution in [-0.4, -0.2) is 30.7 Å². The minimum Gasteiger partial charge on any atom is -0.395 e. The van der Waals surface area contributed by atoms with Gasteiger partial charge in [-0.15, -0.1) is 0 Å². The number of fused-ring (bicyclic) bond motifs is 1. The summed E-state index contributed by atoms with van der Waals surface area (Å²) in [7, 11) is 0. The van der Waals surface area contributed by atoms with Crippen LogP contribution in [0.25, 0.3) is 0 Å². The number of alkyl halides is 3. The number of aliphatic hydroxyl groups excluding tert-OH is 1. The van der Waals surface area contributed by atoms with Gasteiger partial charge < -0.3 is 15.3 Å². The first-order chi connectivity index (χ1) is 12.8. The molecule has 0 saturated heterocycles. The predicted octanol–water partition coefficient (Wildman–Crippen LogP) is 3.13. The second kappa shape index (κ2) is 7.56. The Hall–Kier alpha value is -2.61. The van der Waals surface area contributed by atoms with Gasteiger partial charge in [-0.05, 0) is 47.9 Å². The van der Waals surface area contributed by atoms with Crippen molar-refractivity contribution in [1.82, 2.24) is 5.32 Å². The molecule has 2 N–H and O–H groups in total. The Labute approximate surface area is 153 Å². The zero-order valence-electron chi connectivity index (χ0n) is 14.3. The van der Waals surface area contributed by atoms with Crippen molar-refractivity contribution in [2.45, 2.75) is 19.1 Å². The van der Waals surface area contributed by atoms with Gasteiger partial charge in [-0.1, -0.05) is 6.07 Å². The Morgan fingerprint density at radius 1 is 1.22 bits per heavy atom. The highest BCUT2D eigenvalue weighted by Gasteiger charge is 2.32. The van der Waals surface area contributed by atoms with Gasteiger partial charge in [0.05, 0.1) is 12.2 Å². The van der Waals surface area contributed by atoms with Gasteiger partial charge >= 0.3 is 6.18 Å². The van der Waals surface area contributed by atoms with Crippen LogP contribution in [-0.2, 0) is 19.1 Å². The molecule has 0 fully saturated rings. The van der Waals surface area contributed by atoms with Gasteiger partial charge in [-0.2, -0.15) is 13.2 Å². The second-order valence-corrected chi connectivity index (χ2v) is 6.30. The van der Waals surface area contributed by atoms with Gasteiger partial charge in [0.1, 0.15) is 5.82 Å². The minimum absolute atomic E-state index is 0.107. The largest absolute Gasteiger partial charge is 0.416 e. The molecule has 27 heavy (non-hydrogen) atoms. The van der Waals surface area contributed by atoms with E-state index in [-0.39, 0.29) is 31.2 Å². The topological polar surface area (TPSA) is 52.6 Å². The van der Waals surface area contributed by atoms with E-state index in [2.05, 4.69) is 5.32 Å². The molecule has 0 atom stereocenters. The van der Waals surface area contributed by atoms with Crippen molar-refractivity contribution in [3.05, 3.63) is 64.5 Å². The van der Waals surface area contributed by atoms with E-state index in [1.807, 2.05) is 4.90 Å². The Morgan fingerprint density at radius 2 is 2.00 bits per heavy atom. The third-order valence-electron chi connectivity index (χ3n) is 4.42. The number of carbonyl (C=O) groups excluding carboxylic acids is 1. The van der Waals surface area contributed by atoms with E-state index in [9.17, 15) is 22.4 Å². The summed E-state index contributed by atoms with van der Waals surface area (Å²) in [6, 6.07) is 7.65. The summed E-state index contributed by atoms with van der Waals surface area (Å²) in [4.78, 5) is 14.0. The number of halogens is 4. The molecule has 0 unspecified atom stereocenters. The fourth-order valence-electron chi connectivity index (χ4n) is 3.27. The van der Waals surface area contributed by atoms with Crippen LogP contribution in [0, 0.1) is 5.82 Å². The Bertz CT molecular complexity index is 852. The Balaban J connectivity index is 1.85. The van der Waals surface area contributed by atoms with Gasteiger partial charge in [0.15, 0.2) is 0 Å². The molecule has 8 heteroatoms. The number of aliphatic hydroxyl groups is 1. The lowest BCUT2D eigenvalue weighted by Gasteiger charge is -2.21. The van der Waals surface area contributed by atoms with Crippen molar-refractivity contribution in [3.63, 3.8) is 0 Å². The molecule has 0 saturated carbocycles. The monoisotopic (exact) mass is 382 g/mol. The van der Waals surface area contributed by atoms with Crippen molar-refractivity contribution in [1.29, 1.82) is 0 Å². The number of nitrogens with one attached hydrogen (secondary N) is 1. The van der Waals surface area contributed by atoms with Gasteiger partial charge in [-0.3, -0.25) is 4.79 Å². The number of benzene rings is 2. The number of nitrogens with zero attached hydrogens (tertiary/aromatic N) is 1. The average Bonchev–Trinajstić information content (AvgIpc) is 3.01.